The van der Waals surface area contributed by atoms with E-state index in [9.17, 15) is 4.79 Å². The molecule has 2 aromatic carbocycles. The summed E-state index contributed by atoms with van der Waals surface area (Å²) in [6.07, 6.45) is 6.38. The monoisotopic (exact) mass is 473 g/mol. The van der Waals surface area contributed by atoms with E-state index >= 15 is 4.39 Å². The number of aliphatic imine (C=N–C) groups is 1. The number of morpholine rings is 1. The zero-order valence-corrected chi connectivity index (χ0v) is 19.9. The van der Waals surface area contributed by atoms with Gasteiger partial charge in [-0.3, -0.25) is 9.79 Å². The summed E-state index contributed by atoms with van der Waals surface area (Å²) in [6, 6.07) is 8.98. The Bertz CT molecular complexity index is 1330. The van der Waals surface area contributed by atoms with Crippen LogP contribution in [0.15, 0.2) is 65.6 Å². The summed E-state index contributed by atoms with van der Waals surface area (Å²) in [5, 5.41) is 0.723. The van der Waals surface area contributed by atoms with Gasteiger partial charge in [0.1, 0.15) is 12.1 Å². The summed E-state index contributed by atoms with van der Waals surface area (Å²) >= 11 is 0. The number of anilines is 1. The molecule has 180 valence electrons. The number of carbonyl (C=O) groups excluding carboxylic acids is 1. The van der Waals surface area contributed by atoms with Crippen LogP contribution in [0.5, 0.6) is 0 Å². The number of nitrogens with two attached hydrogens (primary N) is 1. The molecule has 4 rings (SSSR count). The molecule has 0 aliphatic carbocycles. The third-order valence-electron chi connectivity index (χ3n) is 6.21. The molecule has 0 bridgehead atoms. The fourth-order valence-electron chi connectivity index (χ4n) is 4.44. The maximum Gasteiger partial charge on any atom is 0.229 e. The van der Waals surface area contributed by atoms with Gasteiger partial charge in [-0.25, -0.2) is 14.4 Å². The zero-order chi connectivity index (χ0) is 24.9. The summed E-state index contributed by atoms with van der Waals surface area (Å²) in [7, 11) is 0. The Morgan fingerprint density at radius 3 is 2.74 bits per heavy atom. The molecular weight excluding hydrogens is 445 g/mol. The number of allylic oxidation sites excluding steroid dienone is 2. The second kappa shape index (κ2) is 10.6. The van der Waals surface area contributed by atoms with Gasteiger partial charge in [0.2, 0.25) is 5.91 Å². The lowest BCUT2D eigenvalue weighted by atomic mass is 9.86. The van der Waals surface area contributed by atoms with E-state index in [1.54, 1.807) is 32.1 Å². The average molecular weight is 474 g/mol. The molecule has 1 amide bonds. The minimum absolute atomic E-state index is 0.291. The summed E-state index contributed by atoms with van der Waals surface area (Å²) < 4.78 is 20.7. The van der Waals surface area contributed by atoms with Crippen LogP contribution in [0, 0.1) is 12.7 Å². The largest absolute Gasteiger partial charge is 0.378 e. The molecule has 0 saturated carbocycles. The lowest BCUT2D eigenvalue weighted by Crippen LogP contribution is -2.36. The number of aryl methyl sites for hydroxylation is 1. The maximum atomic E-state index is 15.3. The smallest absolute Gasteiger partial charge is 0.229 e. The lowest BCUT2D eigenvalue weighted by Gasteiger charge is -2.29. The molecule has 1 unspecified atom stereocenters. The van der Waals surface area contributed by atoms with Crippen molar-refractivity contribution in [3.05, 3.63) is 77.5 Å². The van der Waals surface area contributed by atoms with Crippen LogP contribution in [0.25, 0.3) is 22.2 Å². The predicted octanol–water partition coefficient (Wildman–Crippen LogP) is 4.31. The second-order valence-electron chi connectivity index (χ2n) is 8.48. The molecule has 1 saturated heterocycles. The molecule has 1 aliphatic rings. The van der Waals surface area contributed by atoms with E-state index in [-0.39, 0.29) is 0 Å². The first-order chi connectivity index (χ1) is 16.9. The highest BCUT2D eigenvalue weighted by Crippen LogP contribution is 2.35. The number of hydrogen-bond donors (Lipinski definition) is 1. The standard InChI is InChI=1S/C27H28FN5O2/c1-17(5-4-8-30-3)25(27(29)34)21-15-22(23(28)13-18(21)2)26-20-7-6-19(14-24(20)31-16-32-26)33-9-11-35-12-10-33/h4-8,13-16,25H,3,9-12H2,1-2H3,(H2,29,34)/b8-4-,17-5+. The van der Waals surface area contributed by atoms with Crippen LogP contribution in [-0.4, -0.2) is 48.9 Å². The van der Waals surface area contributed by atoms with Crippen molar-refractivity contribution in [3.8, 4) is 11.3 Å². The van der Waals surface area contributed by atoms with Crippen molar-refractivity contribution < 1.29 is 13.9 Å². The Morgan fingerprint density at radius 2 is 2.03 bits per heavy atom. The number of benzene rings is 2. The Kier molecular flexibility index (Phi) is 7.31. The zero-order valence-electron chi connectivity index (χ0n) is 19.9. The first kappa shape index (κ1) is 24.2. The molecule has 1 atom stereocenters. The number of aromatic nitrogens is 2. The molecule has 3 aromatic rings. The molecule has 2 N–H and O–H groups in total. The highest BCUT2D eigenvalue weighted by Gasteiger charge is 2.24. The van der Waals surface area contributed by atoms with Gasteiger partial charge in [0.05, 0.1) is 30.3 Å². The Balaban J connectivity index is 1.81. The molecule has 1 fully saturated rings. The maximum absolute atomic E-state index is 15.3. The summed E-state index contributed by atoms with van der Waals surface area (Å²) in [6.45, 7) is 9.94. The molecule has 0 spiro atoms. The van der Waals surface area contributed by atoms with Crippen molar-refractivity contribution in [2.24, 2.45) is 10.7 Å². The van der Waals surface area contributed by atoms with Gasteiger partial charge in [-0.2, -0.15) is 0 Å². The van der Waals surface area contributed by atoms with Crippen molar-refractivity contribution in [3.63, 3.8) is 0 Å². The number of hydrogen-bond acceptors (Lipinski definition) is 6. The molecule has 0 radical (unpaired) electrons. The lowest BCUT2D eigenvalue weighted by molar-refractivity contribution is -0.118. The van der Waals surface area contributed by atoms with Gasteiger partial charge in [-0.05, 0) is 68.1 Å². The van der Waals surface area contributed by atoms with Crippen molar-refractivity contribution >= 4 is 29.2 Å². The van der Waals surface area contributed by atoms with Crippen LogP contribution in [0.3, 0.4) is 0 Å². The highest BCUT2D eigenvalue weighted by molar-refractivity contribution is 5.94. The normalized spacial score (nSPS) is 15.5. The molecule has 8 heteroatoms. The first-order valence-electron chi connectivity index (χ1n) is 11.4. The fraction of sp³-hybridized carbons (Fsp3) is 0.259. The van der Waals surface area contributed by atoms with Crippen LogP contribution in [0.2, 0.25) is 0 Å². The van der Waals surface area contributed by atoms with Crippen molar-refractivity contribution in [2.45, 2.75) is 19.8 Å². The third kappa shape index (κ3) is 5.12. The van der Waals surface area contributed by atoms with Gasteiger partial charge in [0.25, 0.3) is 0 Å². The second-order valence-corrected chi connectivity index (χ2v) is 8.48. The first-order valence-corrected chi connectivity index (χ1v) is 11.4. The fourth-order valence-corrected chi connectivity index (χ4v) is 4.44. The van der Waals surface area contributed by atoms with Gasteiger partial charge in [-0.1, -0.05) is 11.6 Å². The van der Waals surface area contributed by atoms with E-state index in [1.807, 2.05) is 18.2 Å². The molecule has 2 heterocycles. The topological polar surface area (TPSA) is 93.7 Å². The summed E-state index contributed by atoms with van der Waals surface area (Å²) in [4.78, 5) is 27.2. The minimum Gasteiger partial charge on any atom is -0.378 e. The molecule has 1 aromatic heterocycles. The van der Waals surface area contributed by atoms with E-state index in [1.165, 1.54) is 18.6 Å². The number of rotatable bonds is 7. The van der Waals surface area contributed by atoms with Crippen LogP contribution in [0.4, 0.5) is 10.1 Å². The number of primary amides is 1. The Morgan fingerprint density at radius 1 is 1.26 bits per heavy atom. The van der Waals surface area contributed by atoms with Gasteiger partial charge in [0, 0.05) is 35.9 Å². The number of halogens is 1. The number of ether oxygens (including phenoxy) is 1. The van der Waals surface area contributed by atoms with E-state index in [4.69, 9.17) is 10.5 Å². The highest BCUT2D eigenvalue weighted by atomic mass is 19.1. The minimum atomic E-state index is -0.732. The van der Waals surface area contributed by atoms with Gasteiger partial charge < -0.3 is 15.4 Å². The van der Waals surface area contributed by atoms with Crippen LogP contribution in [-0.2, 0) is 9.53 Å². The van der Waals surface area contributed by atoms with E-state index in [2.05, 4.69) is 26.6 Å². The van der Waals surface area contributed by atoms with Crippen molar-refractivity contribution in [1.29, 1.82) is 0 Å². The molecule has 1 aliphatic heterocycles. The van der Waals surface area contributed by atoms with Gasteiger partial charge in [-0.15, -0.1) is 0 Å². The van der Waals surface area contributed by atoms with Crippen LogP contribution >= 0.6 is 0 Å². The molecular formula is C27H28FN5O2. The van der Waals surface area contributed by atoms with E-state index < -0.39 is 17.6 Å². The van der Waals surface area contributed by atoms with Gasteiger partial charge in [0.15, 0.2) is 0 Å². The van der Waals surface area contributed by atoms with Crippen molar-refractivity contribution in [2.75, 3.05) is 31.2 Å². The number of fused-ring (bicyclic) bond motifs is 1. The SMILES string of the molecule is C=N/C=C\C=C(/C)C(C(N)=O)c1cc(-c2ncnc3cc(N4CCOCC4)ccc23)c(F)cc1C. The number of amides is 1. The molecule has 7 nitrogen and oxygen atoms in total. The van der Waals surface area contributed by atoms with Gasteiger partial charge >= 0.3 is 0 Å². The predicted molar refractivity (Wildman–Crippen MR) is 137 cm³/mol. The number of carbonyl (C=O) groups is 1. The Hall–Kier alpha value is -3.91. The number of nitrogens with zero attached hydrogens (tertiary/aromatic N) is 4. The quantitative estimate of drug-likeness (QED) is 0.408. The van der Waals surface area contributed by atoms with Crippen LogP contribution in [0.1, 0.15) is 24.0 Å². The molecule has 35 heavy (non-hydrogen) atoms. The van der Waals surface area contributed by atoms with Crippen LogP contribution < -0.4 is 10.6 Å². The average Bonchev–Trinajstić information content (AvgIpc) is 2.85. The summed E-state index contributed by atoms with van der Waals surface area (Å²) in [5.74, 6) is -1.68. The Labute approximate surface area is 203 Å². The van der Waals surface area contributed by atoms with Crippen molar-refractivity contribution in [1.82, 2.24) is 9.97 Å². The third-order valence-corrected chi connectivity index (χ3v) is 6.21. The summed E-state index contributed by atoms with van der Waals surface area (Å²) in [5.41, 5.74) is 10.2. The van der Waals surface area contributed by atoms with E-state index in [0.29, 0.717) is 46.7 Å². The van der Waals surface area contributed by atoms with E-state index in [0.717, 1.165) is 24.2 Å².